The number of anilines is 2. The van der Waals surface area contributed by atoms with Crippen molar-refractivity contribution >= 4 is 27.4 Å². The van der Waals surface area contributed by atoms with Crippen LogP contribution < -0.4 is 14.8 Å². The van der Waals surface area contributed by atoms with Crippen molar-refractivity contribution in [3.8, 4) is 5.75 Å². The van der Waals surface area contributed by atoms with Gasteiger partial charge in [0, 0.05) is 11.9 Å². The highest BCUT2D eigenvalue weighted by atomic mass is 32.2. The van der Waals surface area contributed by atoms with Gasteiger partial charge in [-0.15, -0.1) is 0 Å². The van der Waals surface area contributed by atoms with Crippen LogP contribution in [0.5, 0.6) is 5.75 Å². The molecule has 0 saturated carbocycles. The van der Waals surface area contributed by atoms with Gasteiger partial charge in [-0.1, -0.05) is 45.0 Å². The second-order valence-corrected chi connectivity index (χ2v) is 10.0. The molecule has 0 aliphatic heterocycles. The van der Waals surface area contributed by atoms with E-state index in [1.54, 1.807) is 25.1 Å². The van der Waals surface area contributed by atoms with E-state index in [0.717, 1.165) is 5.56 Å². The average molecular weight is 454 g/mol. The van der Waals surface area contributed by atoms with E-state index >= 15 is 0 Å². The minimum Gasteiger partial charge on any atom is -0.481 e. The smallest absolute Gasteiger partial charge is 0.265 e. The lowest BCUT2D eigenvalue weighted by molar-refractivity contribution is -0.122. The van der Waals surface area contributed by atoms with Crippen LogP contribution in [0.4, 0.5) is 11.5 Å². The van der Waals surface area contributed by atoms with Gasteiger partial charge in [0.25, 0.3) is 15.9 Å². The Bertz CT molecular complexity index is 1170. The van der Waals surface area contributed by atoms with Crippen LogP contribution in [0, 0.1) is 0 Å². The maximum absolute atomic E-state index is 12.6. The zero-order valence-electron chi connectivity index (χ0n) is 18.5. The number of amides is 1. The second kappa shape index (κ2) is 9.40. The molecule has 2 aromatic carbocycles. The Hall–Kier alpha value is -3.39. The van der Waals surface area contributed by atoms with Gasteiger partial charge in [0.1, 0.15) is 11.6 Å². The van der Waals surface area contributed by atoms with E-state index in [1.165, 1.54) is 30.5 Å². The lowest BCUT2D eigenvalue weighted by Gasteiger charge is -2.24. The third kappa shape index (κ3) is 5.85. The van der Waals surface area contributed by atoms with Gasteiger partial charge < -0.3 is 10.1 Å². The zero-order valence-corrected chi connectivity index (χ0v) is 19.3. The Labute approximate surface area is 188 Å². The molecule has 3 rings (SSSR count). The van der Waals surface area contributed by atoms with Crippen LogP contribution in [0.3, 0.4) is 0 Å². The third-order valence-corrected chi connectivity index (χ3v) is 6.07. The Morgan fingerprint density at radius 3 is 2.25 bits per heavy atom. The first-order chi connectivity index (χ1) is 15.1. The zero-order chi connectivity index (χ0) is 23.4. The summed E-state index contributed by atoms with van der Waals surface area (Å²) in [7, 11) is -3.78. The molecule has 1 unspecified atom stereocenters. The fourth-order valence-electron chi connectivity index (χ4n) is 3.01. The predicted molar refractivity (Wildman–Crippen MR) is 125 cm³/mol. The van der Waals surface area contributed by atoms with Gasteiger partial charge in [-0.3, -0.25) is 9.52 Å². The number of hydrogen-bond donors (Lipinski definition) is 2. The number of rotatable bonds is 7. The first-order valence-corrected chi connectivity index (χ1v) is 11.7. The number of nitrogens with one attached hydrogen (secondary N) is 2. The molecule has 32 heavy (non-hydrogen) atoms. The molecule has 1 amide bonds. The maximum atomic E-state index is 12.6. The molecule has 3 aromatic rings. The van der Waals surface area contributed by atoms with Crippen molar-refractivity contribution in [1.82, 2.24) is 4.98 Å². The number of para-hydroxylation sites is 1. The van der Waals surface area contributed by atoms with E-state index in [4.69, 9.17) is 4.74 Å². The van der Waals surface area contributed by atoms with Gasteiger partial charge >= 0.3 is 0 Å². The second-order valence-electron chi connectivity index (χ2n) is 8.34. The molecule has 168 valence electrons. The van der Waals surface area contributed by atoms with Crippen LogP contribution in [0.2, 0.25) is 0 Å². The van der Waals surface area contributed by atoms with Crippen molar-refractivity contribution in [3.05, 3.63) is 78.5 Å². The first-order valence-electron chi connectivity index (χ1n) is 10.2. The number of aromatic nitrogens is 1. The standard InChI is InChI=1S/C24H27N3O4S/c1-17(31-21-10-6-5-9-20(21)24(2,3)4)23(28)26-18-12-14-19(15-13-18)32(29,30)27-22-11-7-8-16-25-22/h5-17H,1-4H3,(H,25,27)(H,26,28). The molecule has 2 N–H and O–H groups in total. The molecule has 0 radical (unpaired) electrons. The lowest BCUT2D eigenvalue weighted by Crippen LogP contribution is -2.31. The number of hydrogen-bond acceptors (Lipinski definition) is 5. The molecule has 1 atom stereocenters. The molecule has 0 saturated heterocycles. The summed E-state index contributed by atoms with van der Waals surface area (Å²) < 4.78 is 33.3. The molecular formula is C24H27N3O4S. The monoisotopic (exact) mass is 453 g/mol. The number of carbonyl (C=O) groups is 1. The molecule has 0 aliphatic rings. The normalized spacial score (nSPS) is 12.6. The van der Waals surface area contributed by atoms with Crippen molar-refractivity contribution in [2.24, 2.45) is 0 Å². The molecule has 7 nitrogen and oxygen atoms in total. The molecule has 8 heteroatoms. The summed E-state index contributed by atoms with van der Waals surface area (Å²) in [5, 5.41) is 2.76. The summed E-state index contributed by atoms with van der Waals surface area (Å²) in [6.07, 6.45) is 0.757. The highest BCUT2D eigenvalue weighted by molar-refractivity contribution is 7.92. The van der Waals surface area contributed by atoms with Gasteiger partial charge in [-0.05, 0) is 60.4 Å². The summed E-state index contributed by atoms with van der Waals surface area (Å²) in [5.41, 5.74) is 1.35. The third-order valence-electron chi connectivity index (χ3n) is 4.70. The maximum Gasteiger partial charge on any atom is 0.265 e. The van der Waals surface area contributed by atoms with Crippen LogP contribution in [-0.2, 0) is 20.2 Å². The highest BCUT2D eigenvalue weighted by Gasteiger charge is 2.22. The topological polar surface area (TPSA) is 97.4 Å². The van der Waals surface area contributed by atoms with Crippen molar-refractivity contribution in [1.29, 1.82) is 0 Å². The van der Waals surface area contributed by atoms with Gasteiger partial charge in [-0.25, -0.2) is 13.4 Å². The lowest BCUT2D eigenvalue weighted by atomic mass is 9.86. The van der Waals surface area contributed by atoms with E-state index < -0.39 is 16.1 Å². The predicted octanol–water partition coefficient (Wildman–Crippen LogP) is 4.59. The fourth-order valence-corrected chi connectivity index (χ4v) is 4.02. The summed E-state index contributed by atoms with van der Waals surface area (Å²) in [4.78, 5) is 16.6. The van der Waals surface area contributed by atoms with Crippen LogP contribution in [0.1, 0.15) is 33.3 Å². The van der Waals surface area contributed by atoms with Crippen LogP contribution in [-0.4, -0.2) is 25.4 Å². The molecule has 1 aromatic heterocycles. The van der Waals surface area contributed by atoms with E-state index in [9.17, 15) is 13.2 Å². The number of carbonyl (C=O) groups excluding carboxylic acids is 1. The summed E-state index contributed by atoms with van der Waals surface area (Å²) in [5.74, 6) is 0.548. The van der Waals surface area contributed by atoms with Crippen molar-refractivity contribution in [2.75, 3.05) is 10.0 Å². The minimum absolute atomic E-state index is 0.0598. The summed E-state index contributed by atoms with van der Waals surface area (Å²) in [6, 6.07) is 18.5. The molecule has 0 aliphatic carbocycles. The number of sulfonamides is 1. The number of benzene rings is 2. The number of ether oxygens (including phenoxy) is 1. The number of pyridine rings is 1. The van der Waals surface area contributed by atoms with Crippen LogP contribution in [0.25, 0.3) is 0 Å². The van der Waals surface area contributed by atoms with Crippen molar-refractivity contribution in [3.63, 3.8) is 0 Å². The molecular weight excluding hydrogens is 426 g/mol. The minimum atomic E-state index is -3.78. The van der Waals surface area contributed by atoms with E-state index in [2.05, 4.69) is 35.8 Å². The summed E-state index contributed by atoms with van der Waals surface area (Å²) in [6.45, 7) is 7.92. The molecule has 0 fully saturated rings. The fraction of sp³-hybridized carbons (Fsp3) is 0.250. The number of nitrogens with zero attached hydrogens (tertiary/aromatic N) is 1. The summed E-state index contributed by atoms with van der Waals surface area (Å²) >= 11 is 0. The Balaban J connectivity index is 1.66. The largest absolute Gasteiger partial charge is 0.481 e. The van der Waals surface area contributed by atoms with Crippen molar-refractivity contribution in [2.45, 2.75) is 44.1 Å². The molecule has 0 spiro atoms. The quantitative estimate of drug-likeness (QED) is 0.545. The van der Waals surface area contributed by atoms with Crippen LogP contribution in [0.15, 0.2) is 77.8 Å². The molecule has 1 heterocycles. The highest BCUT2D eigenvalue weighted by Crippen LogP contribution is 2.31. The SMILES string of the molecule is CC(Oc1ccccc1C(C)(C)C)C(=O)Nc1ccc(S(=O)(=O)Nc2ccccn2)cc1. The van der Waals surface area contributed by atoms with E-state index in [-0.39, 0.29) is 22.0 Å². The van der Waals surface area contributed by atoms with E-state index in [0.29, 0.717) is 11.4 Å². The van der Waals surface area contributed by atoms with Crippen molar-refractivity contribution < 1.29 is 17.9 Å². The average Bonchev–Trinajstić information content (AvgIpc) is 2.74. The van der Waals surface area contributed by atoms with E-state index in [1.807, 2.05) is 24.3 Å². The van der Waals surface area contributed by atoms with Gasteiger partial charge in [-0.2, -0.15) is 0 Å². The molecule has 0 bridgehead atoms. The first kappa shape index (κ1) is 23.3. The van der Waals surface area contributed by atoms with Gasteiger partial charge in [0.05, 0.1) is 4.90 Å². The van der Waals surface area contributed by atoms with Crippen LogP contribution >= 0.6 is 0 Å². The Kier molecular flexibility index (Phi) is 6.84. The Morgan fingerprint density at radius 2 is 1.62 bits per heavy atom. The van der Waals surface area contributed by atoms with Gasteiger partial charge in [0.2, 0.25) is 0 Å². The van der Waals surface area contributed by atoms with Gasteiger partial charge in [0.15, 0.2) is 6.10 Å². The Morgan fingerprint density at radius 1 is 0.969 bits per heavy atom.